The van der Waals surface area contributed by atoms with E-state index in [0.29, 0.717) is 0 Å². The first kappa shape index (κ1) is 17.6. The zero-order valence-corrected chi connectivity index (χ0v) is 16.6. The van der Waals surface area contributed by atoms with Gasteiger partial charge in [-0.05, 0) is 61.9 Å². The predicted octanol–water partition coefficient (Wildman–Crippen LogP) is 3.87. The SMILES string of the molecule is CN1CCN(c2ccc(NC(=O)C3(c4ccc(Br)cc4)CC3)cc2)CC1. The topological polar surface area (TPSA) is 35.6 Å². The summed E-state index contributed by atoms with van der Waals surface area (Å²) >= 11 is 3.46. The molecule has 0 atom stereocenters. The van der Waals surface area contributed by atoms with E-state index in [-0.39, 0.29) is 11.3 Å². The quantitative estimate of drug-likeness (QED) is 0.825. The fraction of sp³-hybridized carbons (Fsp3) is 0.381. The molecule has 1 N–H and O–H groups in total. The van der Waals surface area contributed by atoms with Gasteiger partial charge in [-0.25, -0.2) is 0 Å². The van der Waals surface area contributed by atoms with Crippen LogP contribution in [0, 0.1) is 0 Å². The second kappa shape index (κ2) is 7.05. The normalized spacial score (nSPS) is 19.2. The fourth-order valence-corrected chi connectivity index (χ4v) is 3.88. The highest BCUT2D eigenvalue weighted by molar-refractivity contribution is 9.10. The molecule has 2 aromatic rings. The first-order valence-corrected chi connectivity index (χ1v) is 9.97. The third kappa shape index (κ3) is 3.51. The van der Waals surface area contributed by atoms with Crippen LogP contribution in [0.25, 0.3) is 0 Å². The van der Waals surface area contributed by atoms with Gasteiger partial charge in [0.25, 0.3) is 0 Å². The van der Waals surface area contributed by atoms with Gasteiger partial charge < -0.3 is 15.1 Å². The van der Waals surface area contributed by atoms with E-state index in [2.05, 4.69) is 50.2 Å². The summed E-state index contributed by atoms with van der Waals surface area (Å²) in [7, 11) is 2.16. The van der Waals surface area contributed by atoms with Crippen LogP contribution in [0.2, 0.25) is 0 Å². The van der Waals surface area contributed by atoms with Crippen LogP contribution in [0.1, 0.15) is 18.4 Å². The summed E-state index contributed by atoms with van der Waals surface area (Å²) in [4.78, 5) is 17.6. The number of amides is 1. The monoisotopic (exact) mass is 413 g/mol. The lowest BCUT2D eigenvalue weighted by Gasteiger charge is -2.34. The Morgan fingerprint density at radius 1 is 0.962 bits per heavy atom. The molecule has 26 heavy (non-hydrogen) atoms. The predicted molar refractivity (Wildman–Crippen MR) is 110 cm³/mol. The number of hydrogen-bond donors (Lipinski definition) is 1. The van der Waals surface area contributed by atoms with Gasteiger partial charge in [0.05, 0.1) is 5.41 Å². The van der Waals surface area contributed by atoms with Crippen LogP contribution in [0.5, 0.6) is 0 Å². The Morgan fingerprint density at radius 2 is 1.58 bits per heavy atom. The molecule has 1 aliphatic carbocycles. The van der Waals surface area contributed by atoms with Gasteiger partial charge in [-0.2, -0.15) is 0 Å². The molecule has 1 saturated heterocycles. The number of benzene rings is 2. The molecule has 2 aromatic carbocycles. The molecule has 4 rings (SSSR count). The van der Waals surface area contributed by atoms with E-state index in [1.807, 2.05) is 36.4 Å². The number of halogens is 1. The van der Waals surface area contributed by atoms with Crippen molar-refractivity contribution in [1.29, 1.82) is 0 Å². The molecule has 2 aliphatic rings. The summed E-state index contributed by atoms with van der Waals surface area (Å²) in [6, 6.07) is 16.4. The molecule has 2 fully saturated rings. The van der Waals surface area contributed by atoms with Gasteiger partial charge in [0.2, 0.25) is 5.91 Å². The van der Waals surface area contributed by atoms with Crippen LogP contribution in [0.4, 0.5) is 11.4 Å². The van der Waals surface area contributed by atoms with Crippen molar-refractivity contribution >= 4 is 33.2 Å². The zero-order chi connectivity index (χ0) is 18.1. The van der Waals surface area contributed by atoms with Crippen LogP contribution in [-0.2, 0) is 10.2 Å². The Kier molecular flexibility index (Phi) is 4.76. The third-order valence-corrected chi connectivity index (χ3v) is 6.10. The molecule has 1 saturated carbocycles. The van der Waals surface area contributed by atoms with Crippen LogP contribution in [0.3, 0.4) is 0 Å². The summed E-state index contributed by atoms with van der Waals surface area (Å²) in [6.45, 7) is 4.28. The number of carbonyl (C=O) groups is 1. The maximum Gasteiger partial charge on any atom is 0.235 e. The molecule has 0 radical (unpaired) electrons. The van der Waals surface area contributed by atoms with Crippen LogP contribution in [-0.4, -0.2) is 44.0 Å². The highest BCUT2D eigenvalue weighted by atomic mass is 79.9. The van der Waals surface area contributed by atoms with E-state index < -0.39 is 0 Å². The van der Waals surface area contributed by atoms with Gasteiger partial charge in [-0.15, -0.1) is 0 Å². The van der Waals surface area contributed by atoms with Crippen molar-refractivity contribution in [2.75, 3.05) is 43.4 Å². The first-order valence-electron chi connectivity index (χ1n) is 9.18. The largest absolute Gasteiger partial charge is 0.369 e. The zero-order valence-electron chi connectivity index (χ0n) is 15.0. The minimum absolute atomic E-state index is 0.104. The second-order valence-corrected chi connectivity index (χ2v) is 8.30. The summed E-state index contributed by atoms with van der Waals surface area (Å²) in [5.41, 5.74) is 2.85. The average Bonchev–Trinajstić information content (AvgIpc) is 3.46. The number of likely N-dealkylation sites (N-methyl/N-ethyl adjacent to an activating group) is 1. The summed E-state index contributed by atoms with van der Waals surface area (Å²) in [6.07, 6.45) is 1.83. The van der Waals surface area contributed by atoms with Gasteiger partial charge in [-0.3, -0.25) is 4.79 Å². The molecule has 0 unspecified atom stereocenters. The lowest BCUT2D eigenvalue weighted by atomic mass is 9.95. The number of rotatable bonds is 4. The van der Waals surface area contributed by atoms with Crippen molar-refractivity contribution in [1.82, 2.24) is 4.90 Å². The van der Waals surface area contributed by atoms with E-state index in [0.717, 1.165) is 54.7 Å². The van der Waals surface area contributed by atoms with E-state index in [1.165, 1.54) is 5.69 Å². The minimum Gasteiger partial charge on any atom is -0.369 e. The second-order valence-electron chi connectivity index (χ2n) is 7.38. The fourth-order valence-electron chi connectivity index (χ4n) is 3.61. The molecule has 0 spiro atoms. The highest BCUT2D eigenvalue weighted by Crippen LogP contribution is 2.49. The Labute approximate surface area is 163 Å². The van der Waals surface area contributed by atoms with Crippen LogP contribution < -0.4 is 10.2 Å². The Balaban J connectivity index is 1.42. The number of piperazine rings is 1. The number of nitrogens with one attached hydrogen (secondary N) is 1. The van der Waals surface area contributed by atoms with Gasteiger partial charge in [0.15, 0.2) is 0 Å². The smallest absolute Gasteiger partial charge is 0.235 e. The van der Waals surface area contributed by atoms with Crippen molar-refractivity contribution < 1.29 is 4.79 Å². The van der Waals surface area contributed by atoms with E-state index in [9.17, 15) is 4.79 Å². The van der Waals surface area contributed by atoms with E-state index in [4.69, 9.17) is 0 Å². The van der Waals surface area contributed by atoms with Gasteiger partial charge in [-0.1, -0.05) is 28.1 Å². The van der Waals surface area contributed by atoms with Crippen LogP contribution >= 0.6 is 15.9 Å². The van der Waals surface area contributed by atoms with Gasteiger partial charge in [0.1, 0.15) is 0 Å². The first-order chi connectivity index (χ1) is 12.6. The van der Waals surface area contributed by atoms with E-state index in [1.54, 1.807) is 0 Å². The highest BCUT2D eigenvalue weighted by Gasteiger charge is 2.51. The number of nitrogens with zero attached hydrogens (tertiary/aromatic N) is 2. The number of hydrogen-bond acceptors (Lipinski definition) is 3. The van der Waals surface area contributed by atoms with Crippen molar-refractivity contribution in [2.45, 2.75) is 18.3 Å². The van der Waals surface area contributed by atoms with Crippen molar-refractivity contribution in [3.63, 3.8) is 0 Å². The lowest BCUT2D eigenvalue weighted by Crippen LogP contribution is -2.44. The molecule has 136 valence electrons. The third-order valence-electron chi connectivity index (χ3n) is 5.58. The maximum absolute atomic E-state index is 12.9. The van der Waals surface area contributed by atoms with Gasteiger partial charge in [0, 0.05) is 42.0 Å². The summed E-state index contributed by atoms with van der Waals surface area (Å²) in [5.74, 6) is 0.104. The van der Waals surface area contributed by atoms with Crippen molar-refractivity contribution in [3.05, 3.63) is 58.6 Å². The number of anilines is 2. The molecule has 1 aliphatic heterocycles. The molecule has 0 bridgehead atoms. The molecule has 4 nitrogen and oxygen atoms in total. The van der Waals surface area contributed by atoms with Crippen molar-refractivity contribution in [3.8, 4) is 0 Å². The van der Waals surface area contributed by atoms with Gasteiger partial charge >= 0.3 is 0 Å². The molecule has 1 amide bonds. The van der Waals surface area contributed by atoms with Crippen molar-refractivity contribution in [2.24, 2.45) is 0 Å². The van der Waals surface area contributed by atoms with E-state index >= 15 is 0 Å². The molecule has 0 aromatic heterocycles. The molecule has 1 heterocycles. The number of carbonyl (C=O) groups excluding carboxylic acids is 1. The lowest BCUT2D eigenvalue weighted by molar-refractivity contribution is -0.118. The molecular formula is C21H24BrN3O. The standard InChI is InChI=1S/C21H24BrN3O/c1-24-12-14-25(15-13-24)19-8-6-18(7-9-19)23-20(26)21(10-11-21)16-2-4-17(22)5-3-16/h2-9H,10-15H2,1H3,(H,23,26). The minimum atomic E-state index is -0.350. The van der Waals surface area contributed by atoms with Crippen LogP contribution in [0.15, 0.2) is 53.0 Å². The molecular weight excluding hydrogens is 390 g/mol. The Bertz CT molecular complexity index is 776. The summed E-state index contributed by atoms with van der Waals surface area (Å²) < 4.78 is 1.04. The summed E-state index contributed by atoms with van der Waals surface area (Å²) in [5, 5.41) is 3.12. The Hall–Kier alpha value is -1.85. The Morgan fingerprint density at radius 3 is 2.15 bits per heavy atom. The average molecular weight is 414 g/mol. The maximum atomic E-state index is 12.9. The molecule has 5 heteroatoms.